The summed E-state index contributed by atoms with van der Waals surface area (Å²) in [6, 6.07) is -0.441. The molecule has 0 aliphatic heterocycles. The zero-order chi connectivity index (χ0) is 12.3. The molecular formula is C11H20N4O. The van der Waals surface area contributed by atoms with Crippen molar-refractivity contribution < 1.29 is 4.79 Å². The number of anilines is 1. The molecule has 0 aliphatic carbocycles. The number of carbonyl (C=O) groups is 1. The summed E-state index contributed by atoms with van der Waals surface area (Å²) in [5.41, 5.74) is 8.28. The Morgan fingerprint density at radius 3 is 2.62 bits per heavy atom. The van der Waals surface area contributed by atoms with Crippen LogP contribution in [0.5, 0.6) is 0 Å². The number of hydrogen-bond acceptors (Lipinski definition) is 3. The van der Waals surface area contributed by atoms with Crippen LogP contribution >= 0.6 is 0 Å². The predicted molar refractivity (Wildman–Crippen MR) is 64.2 cm³/mol. The van der Waals surface area contributed by atoms with Crippen LogP contribution in [-0.4, -0.2) is 21.7 Å². The van der Waals surface area contributed by atoms with Gasteiger partial charge in [-0.15, -0.1) is 0 Å². The van der Waals surface area contributed by atoms with E-state index < -0.39 is 6.04 Å². The Morgan fingerprint density at radius 1 is 1.56 bits per heavy atom. The van der Waals surface area contributed by atoms with Gasteiger partial charge in [-0.05, 0) is 20.3 Å². The van der Waals surface area contributed by atoms with E-state index in [2.05, 4.69) is 10.4 Å². The number of amides is 1. The third-order valence-corrected chi connectivity index (χ3v) is 2.69. The summed E-state index contributed by atoms with van der Waals surface area (Å²) < 4.78 is 1.75. The van der Waals surface area contributed by atoms with Crippen molar-refractivity contribution in [1.82, 2.24) is 9.78 Å². The molecule has 16 heavy (non-hydrogen) atoms. The molecule has 1 heterocycles. The highest BCUT2D eigenvalue weighted by Gasteiger charge is 2.16. The molecule has 0 saturated carbocycles. The number of nitrogens with one attached hydrogen (secondary N) is 1. The van der Waals surface area contributed by atoms with Crippen LogP contribution in [0.2, 0.25) is 0 Å². The molecule has 5 nitrogen and oxygen atoms in total. The van der Waals surface area contributed by atoms with Crippen molar-refractivity contribution in [3.05, 3.63) is 11.4 Å². The molecule has 0 radical (unpaired) electrons. The summed E-state index contributed by atoms with van der Waals surface area (Å²) in [4.78, 5) is 11.7. The first kappa shape index (κ1) is 12.7. The standard InChI is InChI=1S/C11H20N4O/c1-5-6-9(12)11(16)13-10-7(2)14-15(4)8(10)3/h9H,5-6,12H2,1-4H3,(H,13,16)/t9-/m0/s1. The van der Waals surface area contributed by atoms with Crippen molar-refractivity contribution in [3.8, 4) is 0 Å². The van der Waals surface area contributed by atoms with Gasteiger partial charge in [0.1, 0.15) is 0 Å². The van der Waals surface area contributed by atoms with E-state index in [1.807, 2.05) is 27.8 Å². The lowest BCUT2D eigenvalue weighted by Crippen LogP contribution is -2.35. The van der Waals surface area contributed by atoms with Crippen molar-refractivity contribution in [2.45, 2.75) is 39.7 Å². The van der Waals surface area contributed by atoms with E-state index in [1.54, 1.807) is 4.68 Å². The van der Waals surface area contributed by atoms with Gasteiger partial charge >= 0.3 is 0 Å². The lowest BCUT2D eigenvalue weighted by Gasteiger charge is -2.11. The second-order valence-electron chi connectivity index (χ2n) is 4.05. The van der Waals surface area contributed by atoms with Crippen LogP contribution in [0.1, 0.15) is 31.2 Å². The van der Waals surface area contributed by atoms with Crippen LogP contribution < -0.4 is 11.1 Å². The largest absolute Gasteiger partial charge is 0.322 e. The molecule has 0 bridgehead atoms. The number of carbonyl (C=O) groups excluding carboxylic acids is 1. The molecule has 0 unspecified atom stereocenters. The first-order valence-electron chi connectivity index (χ1n) is 5.54. The lowest BCUT2D eigenvalue weighted by atomic mass is 10.1. The number of nitrogens with two attached hydrogens (primary N) is 1. The lowest BCUT2D eigenvalue weighted by molar-refractivity contribution is -0.117. The van der Waals surface area contributed by atoms with Crippen LogP contribution in [0, 0.1) is 13.8 Å². The SMILES string of the molecule is CCC[C@H](N)C(=O)Nc1c(C)nn(C)c1C. The molecule has 3 N–H and O–H groups in total. The van der Waals surface area contributed by atoms with Crippen molar-refractivity contribution in [2.75, 3.05) is 5.32 Å². The normalized spacial score (nSPS) is 12.6. The minimum Gasteiger partial charge on any atom is -0.322 e. The quantitative estimate of drug-likeness (QED) is 0.804. The topological polar surface area (TPSA) is 72.9 Å². The third-order valence-electron chi connectivity index (χ3n) is 2.69. The van der Waals surface area contributed by atoms with E-state index in [0.717, 1.165) is 23.5 Å². The highest BCUT2D eigenvalue weighted by Crippen LogP contribution is 2.18. The molecule has 0 aromatic carbocycles. The van der Waals surface area contributed by atoms with Gasteiger partial charge in [0.25, 0.3) is 0 Å². The van der Waals surface area contributed by atoms with Crippen LogP contribution in [0.4, 0.5) is 5.69 Å². The molecule has 1 aromatic rings. The number of hydrogen-bond donors (Lipinski definition) is 2. The maximum absolute atomic E-state index is 11.7. The Bertz CT molecular complexity index is 384. The monoisotopic (exact) mass is 224 g/mol. The molecule has 0 aliphatic rings. The molecule has 1 atom stereocenters. The zero-order valence-electron chi connectivity index (χ0n) is 10.4. The van der Waals surface area contributed by atoms with Gasteiger partial charge in [-0.25, -0.2) is 0 Å². The minimum absolute atomic E-state index is 0.138. The Hall–Kier alpha value is -1.36. The highest BCUT2D eigenvalue weighted by molar-refractivity contribution is 5.95. The fourth-order valence-corrected chi connectivity index (χ4v) is 1.61. The molecule has 1 aromatic heterocycles. The first-order chi connectivity index (χ1) is 7.47. The van der Waals surface area contributed by atoms with Crippen LogP contribution in [0.3, 0.4) is 0 Å². The minimum atomic E-state index is -0.441. The summed E-state index contributed by atoms with van der Waals surface area (Å²) in [5, 5.41) is 7.07. The molecule has 0 saturated heterocycles. The van der Waals surface area contributed by atoms with Gasteiger partial charge in [-0.3, -0.25) is 9.48 Å². The highest BCUT2D eigenvalue weighted by atomic mass is 16.2. The van der Waals surface area contributed by atoms with Crippen molar-refractivity contribution >= 4 is 11.6 Å². The Kier molecular flexibility index (Phi) is 4.06. The summed E-state index contributed by atoms with van der Waals surface area (Å²) in [6.07, 6.45) is 1.60. The smallest absolute Gasteiger partial charge is 0.241 e. The van der Waals surface area contributed by atoms with Gasteiger partial charge < -0.3 is 11.1 Å². The van der Waals surface area contributed by atoms with Crippen LogP contribution in [0.25, 0.3) is 0 Å². The van der Waals surface area contributed by atoms with Gasteiger partial charge in [0.15, 0.2) is 0 Å². The summed E-state index contributed by atoms with van der Waals surface area (Å²) in [6.45, 7) is 5.79. The van der Waals surface area contributed by atoms with Crippen molar-refractivity contribution in [1.29, 1.82) is 0 Å². The predicted octanol–water partition coefficient (Wildman–Crippen LogP) is 1.10. The van der Waals surface area contributed by atoms with Crippen molar-refractivity contribution in [3.63, 3.8) is 0 Å². The molecule has 90 valence electrons. The van der Waals surface area contributed by atoms with E-state index >= 15 is 0 Å². The summed E-state index contributed by atoms with van der Waals surface area (Å²) in [5.74, 6) is -0.138. The molecular weight excluding hydrogens is 204 g/mol. The second-order valence-corrected chi connectivity index (χ2v) is 4.05. The molecule has 5 heteroatoms. The van der Waals surface area contributed by atoms with Crippen LogP contribution in [0.15, 0.2) is 0 Å². The molecule has 1 rings (SSSR count). The molecule has 1 amide bonds. The van der Waals surface area contributed by atoms with Crippen LogP contribution in [-0.2, 0) is 11.8 Å². The first-order valence-corrected chi connectivity index (χ1v) is 5.54. The van der Waals surface area contributed by atoms with E-state index in [-0.39, 0.29) is 5.91 Å². The maximum atomic E-state index is 11.7. The van der Waals surface area contributed by atoms with Gasteiger partial charge in [-0.2, -0.15) is 5.10 Å². The van der Waals surface area contributed by atoms with Crippen molar-refractivity contribution in [2.24, 2.45) is 12.8 Å². The van der Waals surface area contributed by atoms with E-state index in [0.29, 0.717) is 6.42 Å². The Morgan fingerprint density at radius 2 is 2.19 bits per heavy atom. The number of rotatable bonds is 4. The summed E-state index contributed by atoms with van der Waals surface area (Å²) >= 11 is 0. The van der Waals surface area contributed by atoms with E-state index in [9.17, 15) is 4.79 Å². The van der Waals surface area contributed by atoms with Gasteiger partial charge in [0.2, 0.25) is 5.91 Å². The average molecular weight is 224 g/mol. The van der Waals surface area contributed by atoms with Gasteiger partial charge in [0, 0.05) is 7.05 Å². The zero-order valence-corrected chi connectivity index (χ0v) is 10.4. The fourth-order valence-electron chi connectivity index (χ4n) is 1.61. The number of nitrogens with zero attached hydrogens (tertiary/aromatic N) is 2. The second kappa shape index (κ2) is 5.12. The van der Waals surface area contributed by atoms with Gasteiger partial charge in [0.05, 0.1) is 23.1 Å². The number of aromatic nitrogens is 2. The molecule has 0 spiro atoms. The maximum Gasteiger partial charge on any atom is 0.241 e. The van der Waals surface area contributed by atoms with E-state index in [4.69, 9.17) is 5.73 Å². The van der Waals surface area contributed by atoms with E-state index in [1.165, 1.54) is 0 Å². The molecule has 0 fully saturated rings. The Labute approximate surface area is 96.0 Å². The number of aryl methyl sites for hydroxylation is 2. The Balaban J connectivity index is 2.77. The summed E-state index contributed by atoms with van der Waals surface area (Å²) in [7, 11) is 1.85. The fraction of sp³-hybridized carbons (Fsp3) is 0.636. The van der Waals surface area contributed by atoms with Gasteiger partial charge in [-0.1, -0.05) is 13.3 Å². The average Bonchev–Trinajstić information content (AvgIpc) is 2.45. The third kappa shape index (κ3) is 2.61.